The molecule has 0 bridgehead atoms. The Labute approximate surface area is 143 Å². The number of hydrogen-bond acceptors (Lipinski definition) is 4. The number of nitrogens with one attached hydrogen (secondary N) is 1. The van der Waals surface area contributed by atoms with E-state index in [0.717, 1.165) is 16.8 Å². The van der Waals surface area contributed by atoms with Gasteiger partial charge in [-0.15, -0.1) is 0 Å². The number of carbonyl (C=O) groups is 2. The monoisotopic (exact) mass is 352 g/mol. The molecule has 1 saturated heterocycles. The minimum atomic E-state index is -3.07. The quantitative estimate of drug-likeness (QED) is 0.874. The van der Waals surface area contributed by atoms with Gasteiger partial charge < -0.3 is 10.2 Å². The normalized spacial score (nSPS) is 19.0. The fraction of sp³-hybridized carbons (Fsp3) is 0.529. The third-order valence-corrected chi connectivity index (χ3v) is 6.04. The van der Waals surface area contributed by atoms with Crippen molar-refractivity contribution in [1.82, 2.24) is 4.90 Å². The summed E-state index contributed by atoms with van der Waals surface area (Å²) in [6.45, 7) is 5.55. The molecule has 7 heteroatoms. The Balaban J connectivity index is 1.94. The van der Waals surface area contributed by atoms with Crippen molar-refractivity contribution in [2.45, 2.75) is 39.7 Å². The number of carbonyl (C=O) groups excluding carboxylic acids is 2. The van der Waals surface area contributed by atoms with E-state index in [4.69, 9.17) is 0 Å². The Bertz CT molecular complexity index is 743. The van der Waals surface area contributed by atoms with Crippen LogP contribution in [0.3, 0.4) is 0 Å². The average molecular weight is 352 g/mol. The fourth-order valence-corrected chi connectivity index (χ4v) is 4.74. The predicted molar refractivity (Wildman–Crippen MR) is 93.6 cm³/mol. The van der Waals surface area contributed by atoms with Crippen molar-refractivity contribution in [2.24, 2.45) is 0 Å². The molecule has 132 valence electrons. The number of amides is 2. The lowest BCUT2D eigenvalue weighted by atomic mass is 10.1. The lowest BCUT2D eigenvalue weighted by Gasteiger charge is -2.26. The number of nitrogens with zero attached hydrogens (tertiary/aromatic N) is 1. The molecule has 1 fully saturated rings. The van der Waals surface area contributed by atoms with Crippen LogP contribution in [0, 0.1) is 13.8 Å². The molecule has 1 atom stereocenters. The Morgan fingerprint density at radius 3 is 2.54 bits per heavy atom. The van der Waals surface area contributed by atoms with Crippen LogP contribution in [0.15, 0.2) is 18.2 Å². The molecule has 2 rings (SSSR count). The molecule has 1 heterocycles. The number of benzene rings is 1. The molecule has 1 aromatic carbocycles. The van der Waals surface area contributed by atoms with Crippen molar-refractivity contribution in [1.29, 1.82) is 0 Å². The highest BCUT2D eigenvalue weighted by Crippen LogP contribution is 2.19. The predicted octanol–water partition coefficient (Wildman–Crippen LogP) is 1.67. The summed E-state index contributed by atoms with van der Waals surface area (Å²) < 4.78 is 23.2. The molecular weight excluding hydrogens is 328 g/mol. The maximum absolute atomic E-state index is 12.2. The van der Waals surface area contributed by atoms with Gasteiger partial charge in [0.1, 0.15) is 0 Å². The van der Waals surface area contributed by atoms with E-state index in [1.165, 1.54) is 11.8 Å². The number of anilines is 1. The molecule has 2 amide bonds. The highest BCUT2D eigenvalue weighted by molar-refractivity contribution is 7.91. The third kappa shape index (κ3) is 4.80. The van der Waals surface area contributed by atoms with Crippen LogP contribution in [0.25, 0.3) is 0 Å². The lowest BCUT2D eigenvalue weighted by molar-refractivity contribution is -0.131. The van der Waals surface area contributed by atoms with Crippen LogP contribution in [0.5, 0.6) is 0 Å². The van der Waals surface area contributed by atoms with E-state index < -0.39 is 9.84 Å². The first-order chi connectivity index (χ1) is 11.2. The van der Waals surface area contributed by atoms with Gasteiger partial charge in [-0.3, -0.25) is 9.59 Å². The highest BCUT2D eigenvalue weighted by Gasteiger charge is 2.33. The minimum absolute atomic E-state index is 0.00866. The van der Waals surface area contributed by atoms with Crippen LogP contribution in [0.2, 0.25) is 0 Å². The van der Waals surface area contributed by atoms with Crippen LogP contribution >= 0.6 is 0 Å². The zero-order chi connectivity index (χ0) is 17.9. The lowest BCUT2D eigenvalue weighted by Crippen LogP contribution is -2.41. The summed E-state index contributed by atoms with van der Waals surface area (Å²) in [5.41, 5.74) is 2.85. The second kappa shape index (κ2) is 7.34. The Hall–Kier alpha value is -1.89. The molecule has 0 aliphatic carbocycles. The maximum atomic E-state index is 12.2. The van der Waals surface area contributed by atoms with Crippen molar-refractivity contribution in [3.63, 3.8) is 0 Å². The van der Waals surface area contributed by atoms with E-state index in [2.05, 4.69) is 5.32 Å². The van der Waals surface area contributed by atoms with Crippen molar-refractivity contribution >= 4 is 27.3 Å². The maximum Gasteiger partial charge on any atom is 0.226 e. The minimum Gasteiger partial charge on any atom is -0.338 e. The Morgan fingerprint density at radius 1 is 1.29 bits per heavy atom. The van der Waals surface area contributed by atoms with E-state index in [9.17, 15) is 18.0 Å². The SMILES string of the molecule is CC(=O)N(CCC(=O)Nc1ccc(C)cc1C)C1CCS(=O)(=O)C1. The Kier molecular flexibility index (Phi) is 5.64. The number of aryl methyl sites for hydroxylation is 2. The van der Waals surface area contributed by atoms with Gasteiger partial charge >= 0.3 is 0 Å². The van der Waals surface area contributed by atoms with Gasteiger partial charge in [0.2, 0.25) is 11.8 Å². The fourth-order valence-electron chi connectivity index (χ4n) is 3.01. The van der Waals surface area contributed by atoms with Crippen molar-refractivity contribution in [3.05, 3.63) is 29.3 Å². The zero-order valence-electron chi connectivity index (χ0n) is 14.3. The first-order valence-electron chi connectivity index (χ1n) is 8.03. The summed E-state index contributed by atoms with van der Waals surface area (Å²) in [6, 6.07) is 5.45. The van der Waals surface area contributed by atoms with Gasteiger partial charge in [-0.25, -0.2) is 8.42 Å². The summed E-state index contributed by atoms with van der Waals surface area (Å²) >= 11 is 0. The van der Waals surface area contributed by atoms with Crippen LogP contribution in [0.4, 0.5) is 5.69 Å². The second-order valence-electron chi connectivity index (χ2n) is 6.39. The van der Waals surface area contributed by atoms with Gasteiger partial charge in [-0.05, 0) is 31.9 Å². The smallest absolute Gasteiger partial charge is 0.226 e. The number of hydrogen-bond donors (Lipinski definition) is 1. The largest absolute Gasteiger partial charge is 0.338 e. The molecule has 0 spiro atoms. The standard InChI is InChI=1S/C17H24N2O4S/c1-12-4-5-16(13(2)10-12)18-17(21)6-8-19(14(3)20)15-7-9-24(22,23)11-15/h4-5,10,15H,6-9,11H2,1-3H3,(H,18,21). The number of rotatable bonds is 5. The molecule has 1 N–H and O–H groups in total. The number of sulfone groups is 1. The van der Waals surface area contributed by atoms with Gasteiger partial charge in [0.25, 0.3) is 0 Å². The molecule has 1 aromatic rings. The topological polar surface area (TPSA) is 83.6 Å². The van der Waals surface area contributed by atoms with E-state index in [1.807, 2.05) is 32.0 Å². The van der Waals surface area contributed by atoms with Crippen molar-refractivity contribution in [2.75, 3.05) is 23.4 Å². The molecule has 1 aliphatic heterocycles. The van der Waals surface area contributed by atoms with Crippen LogP contribution in [0.1, 0.15) is 30.9 Å². The van der Waals surface area contributed by atoms with Gasteiger partial charge in [0.15, 0.2) is 9.84 Å². The molecule has 0 aromatic heterocycles. The molecular formula is C17H24N2O4S. The average Bonchev–Trinajstić information content (AvgIpc) is 2.82. The first kappa shape index (κ1) is 18.4. The van der Waals surface area contributed by atoms with E-state index in [0.29, 0.717) is 6.42 Å². The van der Waals surface area contributed by atoms with Crippen LogP contribution in [-0.2, 0) is 19.4 Å². The second-order valence-corrected chi connectivity index (χ2v) is 8.61. The third-order valence-electron chi connectivity index (χ3n) is 4.29. The molecule has 1 unspecified atom stereocenters. The van der Waals surface area contributed by atoms with E-state index in [1.54, 1.807) is 0 Å². The van der Waals surface area contributed by atoms with Crippen LogP contribution < -0.4 is 5.32 Å². The van der Waals surface area contributed by atoms with Gasteiger partial charge in [-0.2, -0.15) is 0 Å². The summed E-state index contributed by atoms with van der Waals surface area (Å²) in [4.78, 5) is 25.5. The summed E-state index contributed by atoms with van der Waals surface area (Å²) in [5.74, 6) is -0.285. The molecule has 1 aliphatic rings. The van der Waals surface area contributed by atoms with E-state index in [-0.39, 0.29) is 42.3 Å². The summed E-state index contributed by atoms with van der Waals surface area (Å²) in [5, 5.41) is 2.84. The van der Waals surface area contributed by atoms with Gasteiger partial charge in [0, 0.05) is 31.6 Å². The summed E-state index contributed by atoms with van der Waals surface area (Å²) in [7, 11) is -3.07. The molecule has 0 saturated carbocycles. The molecule has 6 nitrogen and oxygen atoms in total. The first-order valence-corrected chi connectivity index (χ1v) is 9.85. The summed E-state index contributed by atoms with van der Waals surface area (Å²) in [6.07, 6.45) is 0.587. The van der Waals surface area contributed by atoms with Crippen molar-refractivity contribution in [3.8, 4) is 0 Å². The van der Waals surface area contributed by atoms with E-state index >= 15 is 0 Å². The zero-order valence-corrected chi connectivity index (χ0v) is 15.1. The molecule has 0 radical (unpaired) electrons. The van der Waals surface area contributed by atoms with Gasteiger partial charge in [0.05, 0.1) is 11.5 Å². The van der Waals surface area contributed by atoms with Crippen LogP contribution in [-0.4, -0.2) is 49.2 Å². The molecule has 24 heavy (non-hydrogen) atoms. The Morgan fingerprint density at radius 2 is 2.00 bits per heavy atom. The van der Waals surface area contributed by atoms with Crippen molar-refractivity contribution < 1.29 is 18.0 Å². The van der Waals surface area contributed by atoms with Gasteiger partial charge in [-0.1, -0.05) is 17.7 Å². The highest BCUT2D eigenvalue weighted by atomic mass is 32.2.